The summed E-state index contributed by atoms with van der Waals surface area (Å²) in [6.07, 6.45) is 9.02. The second-order valence-corrected chi connectivity index (χ2v) is 11.3. The lowest BCUT2D eigenvalue weighted by atomic mass is 10.0. The Hall–Kier alpha value is -3.13. The molecule has 1 aliphatic heterocycles. The number of nitrogens with one attached hydrogen (secondary N) is 1. The van der Waals surface area contributed by atoms with Crippen molar-refractivity contribution in [3.63, 3.8) is 0 Å². The Kier molecular flexibility index (Phi) is 7.38. The maximum absolute atomic E-state index is 12.0. The Balaban J connectivity index is 1.36. The van der Waals surface area contributed by atoms with Crippen LogP contribution in [0.15, 0.2) is 36.7 Å². The second-order valence-electron chi connectivity index (χ2n) is 11.3. The highest BCUT2D eigenvalue weighted by molar-refractivity contribution is 5.92. The molecule has 3 heterocycles. The zero-order chi connectivity index (χ0) is 26.0. The molecule has 2 aliphatic rings. The lowest BCUT2D eigenvalue weighted by Crippen LogP contribution is -2.34. The number of nitrogens with zero attached hydrogens (tertiary/aromatic N) is 3. The number of ether oxygens (including phenoxy) is 3. The number of pyridine rings is 1. The number of amides is 1. The Bertz CT molecular complexity index is 1220. The van der Waals surface area contributed by atoms with Crippen LogP contribution in [0.5, 0.6) is 5.75 Å². The number of fused-ring (bicyclic) bond motifs is 1. The summed E-state index contributed by atoms with van der Waals surface area (Å²) in [6, 6.07) is 8.28. The molecule has 1 aliphatic carbocycles. The molecule has 198 valence electrons. The summed E-state index contributed by atoms with van der Waals surface area (Å²) in [7, 11) is 0. The third kappa shape index (κ3) is 6.24. The minimum absolute atomic E-state index is 0.0263. The summed E-state index contributed by atoms with van der Waals surface area (Å²) < 4.78 is 19.8. The van der Waals surface area contributed by atoms with Gasteiger partial charge in [0.2, 0.25) is 0 Å². The van der Waals surface area contributed by atoms with Crippen molar-refractivity contribution in [1.82, 2.24) is 20.1 Å². The van der Waals surface area contributed by atoms with Crippen molar-refractivity contribution in [2.24, 2.45) is 5.92 Å². The van der Waals surface area contributed by atoms with Crippen LogP contribution in [0.4, 0.5) is 4.79 Å². The van der Waals surface area contributed by atoms with Crippen LogP contribution in [-0.2, 0) is 9.47 Å². The number of carbonyl (C=O) groups is 1. The molecular formula is C29H38N4O4. The fraction of sp³-hybridized carbons (Fsp3) is 0.552. The zero-order valence-corrected chi connectivity index (χ0v) is 22.3. The van der Waals surface area contributed by atoms with Crippen molar-refractivity contribution in [2.45, 2.75) is 77.5 Å². The molecule has 0 spiro atoms. The van der Waals surface area contributed by atoms with Crippen LogP contribution in [0.1, 0.15) is 77.5 Å². The number of alkyl carbamates (subject to hydrolysis) is 1. The van der Waals surface area contributed by atoms with E-state index in [4.69, 9.17) is 24.3 Å². The van der Waals surface area contributed by atoms with Crippen molar-refractivity contribution < 1.29 is 19.0 Å². The predicted molar refractivity (Wildman–Crippen MR) is 143 cm³/mol. The van der Waals surface area contributed by atoms with Gasteiger partial charge in [0.05, 0.1) is 29.4 Å². The van der Waals surface area contributed by atoms with E-state index < -0.39 is 11.7 Å². The summed E-state index contributed by atoms with van der Waals surface area (Å²) in [4.78, 5) is 16.8. The second kappa shape index (κ2) is 10.7. The Morgan fingerprint density at radius 1 is 1.16 bits per heavy atom. The number of aromatic nitrogens is 3. The number of hydrogen-bond donors (Lipinski definition) is 1. The number of hydrogen-bond acceptors (Lipinski definition) is 6. The van der Waals surface area contributed by atoms with Gasteiger partial charge in [-0.2, -0.15) is 5.10 Å². The van der Waals surface area contributed by atoms with Gasteiger partial charge in [-0.25, -0.2) is 9.48 Å². The van der Waals surface area contributed by atoms with E-state index in [1.54, 1.807) is 0 Å². The van der Waals surface area contributed by atoms with Crippen LogP contribution in [0.2, 0.25) is 0 Å². The number of benzene rings is 1. The highest BCUT2D eigenvalue weighted by Crippen LogP contribution is 2.39. The summed E-state index contributed by atoms with van der Waals surface area (Å²) in [5.74, 6) is 1.57. The van der Waals surface area contributed by atoms with Crippen molar-refractivity contribution in [1.29, 1.82) is 0 Å². The molecule has 2 unspecified atom stereocenters. The molecule has 2 fully saturated rings. The molecule has 5 rings (SSSR count). The molecule has 1 saturated carbocycles. The first-order valence-corrected chi connectivity index (χ1v) is 13.5. The molecule has 37 heavy (non-hydrogen) atoms. The van der Waals surface area contributed by atoms with Gasteiger partial charge < -0.3 is 19.5 Å². The van der Waals surface area contributed by atoms with Gasteiger partial charge in [-0.15, -0.1) is 0 Å². The monoisotopic (exact) mass is 506 g/mol. The molecule has 0 radical (unpaired) electrons. The summed E-state index contributed by atoms with van der Waals surface area (Å²) in [5, 5.41) is 8.54. The van der Waals surface area contributed by atoms with Gasteiger partial charge in [0.1, 0.15) is 11.4 Å². The molecule has 1 amide bonds. The van der Waals surface area contributed by atoms with Crippen LogP contribution in [0.25, 0.3) is 22.2 Å². The lowest BCUT2D eigenvalue weighted by molar-refractivity contribution is -0.0366. The first-order chi connectivity index (χ1) is 17.8. The molecule has 1 aromatic carbocycles. The standard InChI is InChI=1S/C29H38N4O4/c1-19(15-31-28(34)37-29(2,3)4)21-10-12-24(30-16-21)22-11-13-25-23(27(22)36-18-20-8-9-20)17-32-33(25)26-7-5-6-14-35-26/h10-13,16-17,19-20,26H,5-9,14-15,18H2,1-4H3,(H,31,34). The molecular weight excluding hydrogens is 468 g/mol. The van der Waals surface area contributed by atoms with E-state index in [1.807, 2.05) is 43.9 Å². The fourth-order valence-corrected chi connectivity index (χ4v) is 4.61. The van der Waals surface area contributed by atoms with Crippen LogP contribution in [0, 0.1) is 5.92 Å². The molecule has 1 N–H and O–H groups in total. The van der Waals surface area contributed by atoms with Crippen molar-refractivity contribution in [3.05, 3.63) is 42.2 Å². The van der Waals surface area contributed by atoms with E-state index in [2.05, 4.69) is 30.4 Å². The van der Waals surface area contributed by atoms with Gasteiger partial charge in [0, 0.05) is 30.8 Å². The van der Waals surface area contributed by atoms with Crippen LogP contribution in [-0.4, -0.2) is 46.2 Å². The quantitative estimate of drug-likeness (QED) is 0.391. The fourth-order valence-electron chi connectivity index (χ4n) is 4.61. The van der Waals surface area contributed by atoms with E-state index in [-0.39, 0.29) is 12.1 Å². The Labute approximate surface area is 218 Å². The van der Waals surface area contributed by atoms with E-state index in [1.165, 1.54) is 12.8 Å². The minimum atomic E-state index is -0.517. The third-order valence-corrected chi connectivity index (χ3v) is 6.90. The molecule has 8 heteroatoms. The average Bonchev–Trinajstić information content (AvgIpc) is 3.61. The van der Waals surface area contributed by atoms with Crippen molar-refractivity contribution in [3.8, 4) is 17.0 Å². The van der Waals surface area contributed by atoms with Crippen molar-refractivity contribution in [2.75, 3.05) is 19.8 Å². The highest BCUT2D eigenvalue weighted by Gasteiger charge is 2.25. The van der Waals surface area contributed by atoms with Gasteiger partial charge in [0.25, 0.3) is 0 Å². The van der Waals surface area contributed by atoms with Gasteiger partial charge in [-0.3, -0.25) is 4.98 Å². The number of carbonyl (C=O) groups excluding carboxylic acids is 1. The molecule has 0 bridgehead atoms. The molecule has 1 saturated heterocycles. The van der Waals surface area contributed by atoms with E-state index in [0.717, 1.165) is 59.3 Å². The van der Waals surface area contributed by atoms with E-state index in [0.29, 0.717) is 19.1 Å². The molecule has 2 aromatic heterocycles. The van der Waals surface area contributed by atoms with Crippen LogP contribution >= 0.6 is 0 Å². The first-order valence-electron chi connectivity index (χ1n) is 13.5. The summed E-state index contributed by atoms with van der Waals surface area (Å²) >= 11 is 0. The first kappa shape index (κ1) is 25.5. The van der Waals surface area contributed by atoms with Gasteiger partial charge >= 0.3 is 6.09 Å². The highest BCUT2D eigenvalue weighted by atomic mass is 16.6. The smallest absolute Gasteiger partial charge is 0.407 e. The average molecular weight is 507 g/mol. The van der Waals surface area contributed by atoms with E-state index >= 15 is 0 Å². The normalized spacial score (nSPS) is 19.0. The van der Waals surface area contributed by atoms with Crippen LogP contribution in [0.3, 0.4) is 0 Å². The Morgan fingerprint density at radius 2 is 2.00 bits per heavy atom. The summed E-state index contributed by atoms with van der Waals surface area (Å²) in [5.41, 5.74) is 3.37. The topological polar surface area (TPSA) is 87.5 Å². The summed E-state index contributed by atoms with van der Waals surface area (Å²) in [6.45, 7) is 9.58. The van der Waals surface area contributed by atoms with Gasteiger partial charge in [-0.1, -0.05) is 13.0 Å². The third-order valence-electron chi connectivity index (χ3n) is 6.90. The molecule has 8 nitrogen and oxygen atoms in total. The number of rotatable bonds is 8. The molecule has 2 atom stereocenters. The maximum Gasteiger partial charge on any atom is 0.407 e. The minimum Gasteiger partial charge on any atom is -0.492 e. The van der Waals surface area contributed by atoms with Crippen molar-refractivity contribution >= 4 is 17.0 Å². The van der Waals surface area contributed by atoms with Gasteiger partial charge in [0.15, 0.2) is 6.23 Å². The largest absolute Gasteiger partial charge is 0.492 e. The lowest BCUT2D eigenvalue weighted by Gasteiger charge is -2.23. The molecule has 3 aromatic rings. The zero-order valence-electron chi connectivity index (χ0n) is 22.3. The van der Waals surface area contributed by atoms with Gasteiger partial charge in [-0.05, 0) is 82.6 Å². The predicted octanol–water partition coefficient (Wildman–Crippen LogP) is 6.21. The Morgan fingerprint density at radius 3 is 2.68 bits per heavy atom. The SMILES string of the molecule is CC(CNC(=O)OC(C)(C)C)c1ccc(-c2ccc3c(cnn3C3CCCCO3)c2OCC2CC2)nc1. The van der Waals surface area contributed by atoms with Crippen LogP contribution < -0.4 is 10.1 Å². The van der Waals surface area contributed by atoms with E-state index in [9.17, 15) is 4.79 Å². The maximum atomic E-state index is 12.0.